The Hall–Kier alpha value is -2.95. The number of rotatable bonds is 5. The molecule has 1 aliphatic carbocycles. The molecule has 5 nitrogen and oxygen atoms in total. The summed E-state index contributed by atoms with van der Waals surface area (Å²) in [5, 5.41) is 7.83. The molecule has 5 heteroatoms. The summed E-state index contributed by atoms with van der Waals surface area (Å²) in [6.45, 7) is 4.50. The average Bonchev–Trinajstić information content (AvgIpc) is 3.43. The van der Waals surface area contributed by atoms with Crippen LogP contribution in [0.2, 0.25) is 0 Å². The van der Waals surface area contributed by atoms with Gasteiger partial charge in [-0.2, -0.15) is 5.10 Å². The van der Waals surface area contributed by atoms with Crippen LogP contribution in [0.25, 0.3) is 5.69 Å². The maximum absolute atomic E-state index is 12.9. The fourth-order valence-corrected chi connectivity index (χ4v) is 3.23. The van der Waals surface area contributed by atoms with Crippen molar-refractivity contribution in [2.75, 3.05) is 0 Å². The zero-order valence-corrected chi connectivity index (χ0v) is 15.1. The molecule has 2 aromatic heterocycles. The molecule has 2 heterocycles. The highest BCUT2D eigenvalue weighted by molar-refractivity contribution is 5.96. The highest BCUT2D eigenvalue weighted by atomic mass is 16.1. The van der Waals surface area contributed by atoms with Gasteiger partial charge in [-0.05, 0) is 56.0 Å². The van der Waals surface area contributed by atoms with Crippen molar-refractivity contribution < 1.29 is 4.79 Å². The minimum absolute atomic E-state index is 0.0628. The molecule has 1 amide bonds. The lowest BCUT2D eigenvalue weighted by atomic mass is 10.1. The molecular formula is C21H22N4O. The van der Waals surface area contributed by atoms with E-state index in [1.165, 1.54) is 5.56 Å². The van der Waals surface area contributed by atoms with E-state index in [4.69, 9.17) is 5.10 Å². The number of carbonyl (C=O) groups excluding carboxylic acids is 1. The highest BCUT2D eigenvalue weighted by Crippen LogP contribution is 2.42. The maximum atomic E-state index is 12.9. The van der Waals surface area contributed by atoms with Gasteiger partial charge in [0.1, 0.15) is 0 Å². The second-order valence-corrected chi connectivity index (χ2v) is 6.91. The lowest BCUT2D eigenvalue weighted by Crippen LogP contribution is -2.24. The number of aromatic nitrogens is 3. The van der Waals surface area contributed by atoms with E-state index in [1.807, 2.05) is 35.9 Å². The molecule has 4 rings (SSSR count). The van der Waals surface area contributed by atoms with Gasteiger partial charge < -0.3 is 5.32 Å². The summed E-state index contributed by atoms with van der Waals surface area (Å²) < 4.78 is 1.90. The Morgan fingerprint density at radius 3 is 2.77 bits per heavy atom. The largest absolute Gasteiger partial charge is 0.348 e. The van der Waals surface area contributed by atoms with Crippen LogP contribution < -0.4 is 5.32 Å². The highest BCUT2D eigenvalue weighted by Gasteiger charge is 2.33. The van der Waals surface area contributed by atoms with E-state index < -0.39 is 0 Å². The van der Waals surface area contributed by atoms with Crippen molar-refractivity contribution in [1.29, 1.82) is 0 Å². The Bertz CT molecular complexity index is 942. The quantitative estimate of drug-likeness (QED) is 0.766. The number of nitrogens with zero attached hydrogens (tertiary/aromatic N) is 3. The van der Waals surface area contributed by atoms with E-state index in [0.717, 1.165) is 41.0 Å². The summed E-state index contributed by atoms with van der Waals surface area (Å²) in [6.07, 6.45) is 5.71. The van der Waals surface area contributed by atoms with Crippen molar-refractivity contribution >= 4 is 5.91 Å². The van der Waals surface area contributed by atoms with Crippen molar-refractivity contribution in [1.82, 2.24) is 20.1 Å². The van der Waals surface area contributed by atoms with Gasteiger partial charge in [-0.15, -0.1) is 0 Å². The van der Waals surface area contributed by atoms with Gasteiger partial charge in [0.2, 0.25) is 0 Å². The standard InChI is InChI=1S/C21H22N4O/c1-14-5-3-7-18(11-14)25-15(2)19(20(24-25)17-8-9-17)21(26)23-13-16-6-4-10-22-12-16/h3-7,10-12,17H,8-9,13H2,1-2H3,(H,23,26). The van der Waals surface area contributed by atoms with E-state index in [2.05, 4.69) is 29.4 Å². The summed E-state index contributed by atoms with van der Waals surface area (Å²) in [6, 6.07) is 12.0. The summed E-state index contributed by atoms with van der Waals surface area (Å²) in [5.41, 5.74) is 5.69. The Morgan fingerprint density at radius 1 is 1.23 bits per heavy atom. The molecular weight excluding hydrogens is 324 g/mol. The Labute approximate surface area is 153 Å². The molecule has 1 saturated carbocycles. The van der Waals surface area contributed by atoms with Crippen LogP contribution in [-0.2, 0) is 6.54 Å². The molecule has 0 radical (unpaired) electrons. The first-order valence-electron chi connectivity index (χ1n) is 8.97. The van der Waals surface area contributed by atoms with Crippen molar-refractivity contribution in [3.63, 3.8) is 0 Å². The predicted octanol–water partition coefficient (Wildman–Crippen LogP) is 3.69. The minimum Gasteiger partial charge on any atom is -0.348 e. The third kappa shape index (κ3) is 3.25. The van der Waals surface area contributed by atoms with Gasteiger partial charge >= 0.3 is 0 Å². The first kappa shape index (κ1) is 16.5. The monoisotopic (exact) mass is 346 g/mol. The summed E-state index contributed by atoms with van der Waals surface area (Å²) in [5.74, 6) is 0.339. The molecule has 1 aliphatic rings. The zero-order chi connectivity index (χ0) is 18.1. The molecule has 3 aromatic rings. The van der Waals surface area contributed by atoms with Crippen LogP contribution in [0.1, 0.15) is 51.6 Å². The molecule has 1 N–H and O–H groups in total. The van der Waals surface area contributed by atoms with Crippen molar-refractivity contribution in [2.24, 2.45) is 0 Å². The molecule has 0 spiro atoms. The second kappa shape index (κ2) is 6.75. The third-order valence-electron chi connectivity index (χ3n) is 4.76. The van der Waals surface area contributed by atoms with Crippen molar-refractivity contribution in [3.8, 4) is 5.69 Å². The summed E-state index contributed by atoms with van der Waals surface area (Å²) in [4.78, 5) is 17.0. The van der Waals surface area contributed by atoms with Crippen LogP contribution in [0.15, 0.2) is 48.8 Å². The zero-order valence-electron chi connectivity index (χ0n) is 15.1. The Kier molecular flexibility index (Phi) is 4.29. The normalized spacial score (nSPS) is 13.6. The smallest absolute Gasteiger partial charge is 0.255 e. The average molecular weight is 346 g/mol. The maximum Gasteiger partial charge on any atom is 0.255 e. The lowest BCUT2D eigenvalue weighted by molar-refractivity contribution is 0.0949. The number of nitrogens with one attached hydrogen (secondary N) is 1. The van der Waals surface area contributed by atoms with Crippen molar-refractivity contribution in [3.05, 3.63) is 76.9 Å². The lowest BCUT2D eigenvalue weighted by Gasteiger charge is -2.07. The number of hydrogen-bond donors (Lipinski definition) is 1. The number of amides is 1. The number of pyridine rings is 1. The second-order valence-electron chi connectivity index (χ2n) is 6.91. The molecule has 1 aromatic carbocycles. The Balaban J connectivity index is 1.65. The molecule has 0 bridgehead atoms. The fourth-order valence-electron chi connectivity index (χ4n) is 3.23. The molecule has 26 heavy (non-hydrogen) atoms. The number of aryl methyl sites for hydroxylation is 1. The Morgan fingerprint density at radius 2 is 2.08 bits per heavy atom. The van der Waals surface area contributed by atoms with E-state index in [0.29, 0.717) is 12.5 Å². The summed E-state index contributed by atoms with van der Waals surface area (Å²) >= 11 is 0. The topological polar surface area (TPSA) is 59.8 Å². The van der Waals surface area contributed by atoms with Crippen LogP contribution in [0.3, 0.4) is 0 Å². The van der Waals surface area contributed by atoms with Crippen molar-refractivity contribution in [2.45, 2.75) is 39.2 Å². The van der Waals surface area contributed by atoms with Gasteiger partial charge in [0.05, 0.1) is 22.6 Å². The SMILES string of the molecule is Cc1cccc(-n2nc(C3CC3)c(C(=O)NCc3cccnc3)c2C)c1. The first-order chi connectivity index (χ1) is 12.6. The van der Waals surface area contributed by atoms with E-state index in [9.17, 15) is 4.79 Å². The van der Waals surface area contributed by atoms with Crippen LogP contribution in [-0.4, -0.2) is 20.7 Å². The van der Waals surface area contributed by atoms with Crippen LogP contribution >= 0.6 is 0 Å². The number of benzene rings is 1. The van der Waals surface area contributed by atoms with Gasteiger partial charge in [-0.25, -0.2) is 4.68 Å². The van der Waals surface area contributed by atoms with E-state index in [-0.39, 0.29) is 5.91 Å². The fraction of sp³-hybridized carbons (Fsp3) is 0.286. The van der Waals surface area contributed by atoms with Gasteiger partial charge in [0.25, 0.3) is 5.91 Å². The molecule has 132 valence electrons. The first-order valence-corrected chi connectivity index (χ1v) is 8.97. The van der Waals surface area contributed by atoms with Gasteiger partial charge in [0, 0.05) is 24.9 Å². The van der Waals surface area contributed by atoms with Crippen LogP contribution in [0.4, 0.5) is 0 Å². The van der Waals surface area contributed by atoms with E-state index >= 15 is 0 Å². The number of carbonyl (C=O) groups is 1. The molecule has 1 fully saturated rings. The molecule has 0 unspecified atom stereocenters. The van der Waals surface area contributed by atoms with Gasteiger partial charge in [0.15, 0.2) is 0 Å². The van der Waals surface area contributed by atoms with Gasteiger partial charge in [-0.1, -0.05) is 18.2 Å². The number of hydrogen-bond acceptors (Lipinski definition) is 3. The summed E-state index contributed by atoms with van der Waals surface area (Å²) in [7, 11) is 0. The molecule has 0 atom stereocenters. The van der Waals surface area contributed by atoms with Gasteiger partial charge in [-0.3, -0.25) is 9.78 Å². The van der Waals surface area contributed by atoms with Crippen LogP contribution in [0, 0.1) is 13.8 Å². The predicted molar refractivity (Wildman–Crippen MR) is 100 cm³/mol. The minimum atomic E-state index is -0.0628. The molecule has 0 saturated heterocycles. The van der Waals surface area contributed by atoms with E-state index in [1.54, 1.807) is 12.4 Å². The molecule has 0 aliphatic heterocycles. The van der Waals surface area contributed by atoms with Crippen LogP contribution in [0.5, 0.6) is 0 Å². The third-order valence-corrected chi connectivity index (χ3v) is 4.76.